The minimum absolute atomic E-state index is 0.118. The van der Waals surface area contributed by atoms with Crippen molar-refractivity contribution in [2.75, 3.05) is 13.1 Å². The van der Waals surface area contributed by atoms with Gasteiger partial charge >= 0.3 is 12.4 Å². The third-order valence-electron chi connectivity index (χ3n) is 6.79. The molecule has 1 aliphatic heterocycles. The highest BCUT2D eigenvalue weighted by Gasteiger charge is 2.44. The summed E-state index contributed by atoms with van der Waals surface area (Å²) in [7, 11) is 0. The summed E-state index contributed by atoms with van der Waals surface area (Å²) >= 11 is 0. The molecular formula is C24H24F7NO. The Morgan fingerprint density at radius 3 is 2.06 bits per heavy atom. The van der Waals surface area contributed by atoms with Crippen molar-refractivity contribution in [2.45, 2.75) is 50.2 Å². The molecular weight excluding hydrogens is 451 g/mol. The molecule has 5 atom stereocenters. The number of hydrogen-bond acceptors (Lipinski definition) is 2. The molecule has 1 aliphatic carbocycles. The van der Waals surface area contributed by atoms with Gasteiger partial charge in [0.1, 0.15) is 5.82 Å². The Labute approximate surface area is 187 Å². The molecule has 1 heterocycles. The number of benzene rings is 2. The molecule has 1 saturated carbocycles. The summed E-state index contributed by atoms with van der Waals surface area (Å²) in [5.74, 6) is 0.0501. The molecule has 1 N–H and O–H groups in total. The first-order valence-electron chi connectivity index (χ1n) is 10.8. The summed E-state index contributed by atoms with van der Waals surface area (Å²) in [6, 6.07) is 7.61. The summed E-state index contributed by atoms with van der Waals surface area (Å²) in [5.41, 5.74) is -2.04. The predicted octanol–water partition coefficient (Wildman–Crippen LogP) is 6.72. The zero-order valence-electron chi connectivity index (χ0n) is 17.8. The molecule has 33 heavy (non-hydrogen) atoms. The van der Waals surface area contributed by atoms with Gasteiger partial charge in [-0.25, -0.2) is 4.39 Å². The maximum atomic E-state index is 13.5. The second kappa shape index (κ2) is 8.91. The van der Waals surface area contributed by atoms with E-state index in [0.29, 0.717) is 12.3 Å². The fourth-order valence-electron chi connectivity index (χ4n) is 5.18. The van der Waals surface area contributed by atoms with Crippen LogP contribution >= 0.6 is 0 Å². The number of hydrogen-bond donors (Lipinski definition) is 1. The summed E-state index contributed by atoms with van der Waals surface area (Å²) in [6.45, 7) is 3.03. The van der Waals surface area contributed by atoms with Crippen LogP contribution in [0, 0.1) is 17.7 Å². The second-order valence-corrected chi connectivity index (χ2v) is 8.89. The lowest BCUT2D eigenvalue weighted by atomic mass is 9.69. The highest BCUT2D eigenvalue weighted by Crippen LogP contribution is 2.46. The minimum atomic E-state index is -4.92. The van der Waals surface area contributed by atoms with Crippen molar-refractivity contribution in [3.63, 3.8) is 0 Å². The van der Waals surface area contributed by atoms with Gasteiger partial charge in [0.25, 0.3) is 0 Å². The third kappa shape index (κ3) is 5.19. The zero-order valence-corrected chi connectivity index (χ0v) is 17.8. The quantitative estimate of drug-likeness (QED) is 0.496. The molecule has 2 aromatic carbocycles. The average Bonchev–Trinajstić information content (AvgIpc) is 3.21. The Bertz CT molecular complexity index is 938. The molecule has 0 radical (unpaired) electrons. The van der Waals surface area contributed by atoms with Crippen molar-refractivity contribution >= 4 is 0 Å². The number of rotatable bonds is 4. The van der Waals surface area contributed by atoms with Gasteiger partial charge in [0.05, 0.1) is 23.3 Å². The minimum Gasteiger partial charge on any atom is -0.370 e. The lowest BCUT2D eigenvalue weighted by molar-refractivity contribution is -0.143. The summed E-state index contributed by atoms with van der Waals surface area (Å²) < 4.78 is 99.3. The topological polar surface area (TPSA) is 21.3 Å². The van der Waals surface area contributed by atoms with Crippen LogP contribution in [0.4, 0.5) is 30.7 Å². The van der Waals surface area contributed by atoms with Crippen molar-refractivity contribution in [3.05, 3.63) is 70.5 Å². The zero-order chi connectivity index (χ0) is 24.0. The van der Waals surface area contributed by atoms with Gasteiger partial charge in [0.15, 0.2) is 0 Å². The van der Waals surface area contributed by atoms with Crippen molar-refractivity contribution in [3.8, 4) is 0 Å². The fraction of sp³-hybridized carbons (Fsp3) is 0.500. The number of ether oxygens (including phenoxy) is 1. The largest absolute Gasteiger partial charge is 0.416 e. The number of nitrogens with one attached hydrogen (secondary N) is 1. The van der Waals surface area contributed by atoms with E-state index >= 15 is 0 Å². The summed E-state index contributed by atoms with van der Waals surface area (Å²) in [6.07, 6.45) is -9.80. The number of halogens is 7. The summed E-state index contributed by atoms with van der Waals surface area (Å²) in [4.78, 5) is 0. The van der Waals surface area contributed by atoms with E-state index in [1.807, 2.05) is 0 Å². The van der Waals surface area contributed by atoms with E-state index in [1.165, 1.54) is 19.1 Å². The first-order valence-corrected chi connectivity index (χ1v) is 10.8. The molecule has 2 fully saturated rings. The molecule has 2 aliphatic rings. The van der Waals surface area contributed by atoms with Gasteiger partial charge in [-0.05, 0) is 86.1 Å². The Kier molecular flexibility index (Phi) is 6.48. The van der Waals surface area contributed by atoms with Crippen LogP contribution in [0.3, 0.4) is 0 Å². The number of alkyl halides is 6. The number of fused-ring (bicyclic) bond motifs is 1. The molecule has 0 spiro atoms. The monoisotopic (exact) mass is 475 g/mol. The molecule has 9 heteroatoms. The molecule has 0 amide bonds. The van der Waals surface area contributed by atoms with E-state index in [4.69, 9.17) is 4.74 Å². The SMILES string of the molecule is C[C@H](O[C@H]1CC[C@H]2CNC[C@H]2[C@@H]1c1ccc(F)cc1)c1cc(C(F)(F)F)cc(C(F)(F)F)c1. The van der Waals surface area contributed by atoms with Crippen LogP contribution in [0.1, 0.15) is 54.0 Å². The van der Waals surface area contributed by atoms with E-state index in [1.54, 1.807) is 12.1 Å². The second-order valence-electron chi connectivity index (χ2n) is 8.89. The normalized spacial score (nSPS) is 26.8. The van der Waals surface area contributed by atoms with E-state index in [-0.39, 0.29) is 29.3 Å². The van der Waals surface area contributed by atoms with Crippen LogP contribution < -0.4 is 5.32 Å². The average molecular weight is 475 g/mol. The summed E-state index contributed by atoms with van der Waals surface area (Å²) in [5, 5.41) is 3.35. The molecule has 1 saturated heterocycles. The van der Waals surface area contributed by atoms with Crippen LogP contribution in [0.5, 0.6) is 0 Å². The van der Waals surface area contributed by atoms with Gasteiger partial charge in [0, 0.05) is 5.92 Å². The Morgan fingerprint density at radius 2 is 1.48 bits per heavy atom. The molecule has 4 rings (SSSR count). The van der Waals surface area contributed by atoms with Gasteiger partial charge in [0.2, 0.25) is 0 Å². The Morgan fingerprint density at radius 1 is 0.879 bits per heavy atom. The highest BCUT2D eigenvalue weighted by atomic mass is 19.4. The van der Waals surface area contributed by atoms with Crippen LogP contribution in [-0.2, 0) is 17.1 Å². The van der Waals surface area contributed by atoms with E-state index < -0.39 is 35.7 Å². The van der Waals surface area contributed by atoms with Gasteiger partial charge in [-0.2, -0.15) is 26.3 Å². The van der Waals surface area contributed by atoms with Crippen LogP contribution in [-0.4, -0.2) is 19.2 Å². The van der Waals surface area contributed by atoms with Crippen LogP contribution in [0.15, 0.2) is 42.5 Å². The first-order chi connectivity index (χ1) is 15.4. The third-order valence-corrected chi connectivity index (χ3v) is 6.79. The molecule has 2 aromatic rings. The van der Waals surface area contributed by atoms with Crippen molar-refractivity contribution in [2.24, 2.45) is 11.8 Å². The van der Waals surface area contributed by atoms with E-state index in [9.17, 15) is 30.7 Å². The first kappa shape index (κ1) is 24.0. The molecule has 0 aromatic heterocycles. The van der Waals surface area contributed by atoms with Gasteiger partial charge in [-0.3, -0.25) is 0 Å². The maximum Gasteiger partial charge on any atom is 0.416 e. The molecule has 180 valence electrons. The molecule has 0 unspecified atom stereocenters. The Balaban J connectivity index is 1.65. The maximum absolute atomic E-state index is 13.5. The van der Waals surface area contributed by atoms with Crippen molar-refractivity contribution < 1.29 is 35.5 Å². The predicted molar refractivity (Wildman–Crippen MR) is 108 cm³/mol. The molecule has 2 nitrogen and oxygen atoms in total. The van der Waals surface area contributed by atoms with Crippen LogP contribution in [0.2, 0.25) is 0 Å². The van der Waals surface area contributed by atoms with Gasteiger partial charge in [-0.15, -0.1) is 0 Å². The van der Waals surface area contributed by atoms with Crippen LogP contribution in [0.25, 0.3) is 0 Å². The van der Waals surface area contributed by atoms with E-state index in [0.717, 1.165) is 37.2 Å². The van der Waals surface area contributed by atoms with Gasteiger partial charge < -0.3 is 10.1 Å². The fourth-order valence-corrected chi connectivity index (χ4v) is 5.18. The van der Waals surface area contributed by atoms with Crippen molar-refractivity contribution in [1.82, 2.24) is 5.32 Å². The Hall–Kier alpha value is -2.13. The highest BCUT2D eigenvalue weighted by molar-refractivity contribution is 5.35. The molecule has 0 bridgehead atoms. The lowest BCUT2D eigenvalue weighted by Gasteiger charge is -2.41. The van der Waals surface area contributed by atoms with Crippen molar-refractivity contribution in [1.29, 1.82) is 0 Å². The van der Waals surface area contributed by atoms with Gasteiger partial charge in [-0.1, -0.05) is 12.1 Å². The van der Waals surface area contributed by atoms with E-state index in [2.05, 4.69) is 5.32 Å². The smallest absolute Gasteiger partial charge is 0.370 e. The standard InChI is InChI=1S/C24H24F7NO/c1-13(16-8-17(23(26,27)28)10-18(9-16)24(29,30)31)33-21-7-4-15-11-32-12-20(15)22(21)14-2-5-19(25)6-3-14/h2-3,5-6,8-10,13,15,20-22,32H,4,7,11-12H2,1H3/t13-,15-,20+,21-,22-/m0/s1. The lowest BCUT2D eigenvalue weighted by Crippen LogP contribution is -2.38.